The number of nitrogens with two attached hydrogens (primary N) is 1. The summed E-state index contributed by atoms with van der Waals surface area (Å²) < 4.78 is 57.2. The molecule has 1 fully saturated rings. The lowest BCUT2D eigenvalue weighted by molar-refractivity contribution is 0.0567. The molecular weight excluding hydrogens is 494 g/mol. The van der Waals surface area contributed by atoms with Gasteiger partial charge in [-0.25, -0.2) is 23.1 Å². The van der Waals surface area contributed by atoms with E-state index in [1.165, 1.54) is 6.20 Å². The Morgan fingerprint density at radius 2 is 2.03 bits per heavy atom. The normalized spacial score (nSPS) is 18.3. The third-order valence-electron chi connectivity index (χ3n) is 5.77. The molecule has 3 aromatic rings. The number of rotatable bonds is 8. The molecule has 10 nitrogen and oxygen atoms in total. The lowest BCUT2D eigenvalue weighted by atomic mass is 10.0. The Bertz CT molecular complexity index is 1300. The number of nitrogen functional groups attached to an aromatic ring is 1. The number of β-amino-alcohol motifs (C(OH)–C–C–N with tert-alkyl or cyclic N) is 1. The number of sulfone groups is 1. The van der Waals surface area contributed by atoms with Crippen LogP contribution < -0.4 is 10.5 Å². The number of nitrogens with zero attached hydrogens (tertiary/aromatic N) is 5. The van der Waals surface area contributed by atoms with Crippen LogP contribution in [0, 0.1) is 6.92 Å². The molecule has 1 atom stereocenters. The molecule has 194 valence electrons. The van der Waals surface area contributed by atoms with E-state index in [9.17, 15) is 22.3 Å². The summed E-state index contributed by atoms with van der Waals surface area (Å²) in [7, 11) is -3.27. The molecule has 3 N–H and O–H groups in total. The minimum atomic E-state index is -3.27. The van der Waals surface area contributed by atoms with Gasteiger partial charge >= 0.3 is 6.55 Å². The van der Waals surface area contributed by atoms with E-state index < -0.39 is 22.5 Å². The number of aromatic nitrogens is 4. The van der Waals surface area contributed by atoms with Gasteiger partial charge in [0.25, 0.3) is 0 Å². The van der Waals surface area contributed by atoms with Crippen molar-refractivity contribution in [3.8, 4) is 17.1 Å². The first-order valence-corrected chi connectivity index (χ1v) is 13.2. The number of aliphatic hydroxyl groups excluding tert-OH is 1. The lowest BCUT2D eigenvalue weighted by Crippen LogP contribution is -2.35. The third kappa shape index (κ3) is 6.53. The van der Waals surface area contributed by atoms with Gasteiger partial charge in [-0.05, 0) is 24.6 Å². The number of aryl methyl sites for hydroxylation is 1. The number of alkyl halides is 2. The second-order valence-corrected chi connectivity index (χ2v) is 10.9. The highest BCUT2D eigenvalue weighted by Crippen LogP contribution is 2.29. The Labute approximate surface area is 207 Å². The molecule has 1 aliphatic rings. The molecule has 0 amide bonds. The van der Waals surface area contributed by atoms with Crippen molar-refractivity contribution < 1.29 is 27.0 Å². The Morgan fingerprint density at radius 1 is 1.25 bits per heavy atom. The SMILES string of the molecule is Cc1cc(-c2nn(C(F)F)cc2Cc2ccccc2OCCN2CCS(=O)(=O)CC(O)C2)nc(N)n1. The van der Waals surface area contributed by atoms with Crippen molar-refractivity contribution >= 4 is 15.8 Å². The van der Waals surface area contributed by atoms with Gasteiger partial charge in [-0.15, -0.1) is 0 Å². The number of anilines is 1. The number of halogens is 2. The predicted molar refractivity (Wildman–Crippen MR) is 129 cm³/mol. The van der Waals surface area contributed by atoms with Crippen molar-refractivity contribution in [2.24, 2.45) is 0 Å². The summed E-state index contributed by atoms with van der Waals surface area (Å²) in [5.41, 5.74) is 8.25. The molecule has 0 aliphatic carbocycles. The van der Waals surface area contributed by atoms with Gasteiger partial charge in [0.1, 0.15) is 18.1 Å². The van der Waals surface area contributed by atoms with E-state index in [1.54, 1.807) is 25.1 Å². The number of benzene rings is 1. The first-order valence-electron chi connectivity index (χ1n) is 11.4. The average Bonchev–Trinajstić information content (AvgIpc) is 3.16. The standard InChI is InChI=1S/C23H28F2N6O4S/c1-15-10-19(28-23(26)27-15)21-17(12-31(29-21)22(24)25)11-16-4-2-3-5-20(16)35-8-6-30-7-9-36(33,34)14-18(32)13-30/h2-5,10,12,18,22,32H,6-9,11,13-14H2,1H3,(H2,26,27,28). The fraction of sp³-hybridized carbons (Fsp3) is 0.435. The van der Waals surface area contributed by atoms with Gasteiger partial charge in [0.2, 0.25) is 5.95 Å². The van der Waals surface area contributed by atoms with Crippen molar-refractivity contribution in [1.82, 2.24) is 24.6 Å². The molecule has 0 bridgehead atoms. The van der Waals surface area contributed by atoms with E-state index in [1.807, 2.05) is 17.0 Å². The van der Waals surface area contributed by atoms with Crippen molar-refractivity contribution in [3.63, 3.8) is 0 Å². The van der Waals surface area contributed by atoms with Crippen LogP contribution in [-0.2, 0) is 16.3 Å². The summed E-state index contributed by atoms with van der Waals surface area (Å²) in [5.74, 6) is 0.344. The Kier molecular flexibility index (Phi) is 7.81. The van der Waals surface area contributed by atoms with Gasteiger partial charge in [0, 0.05) is 43.5 Å². The summed E-state index contributed by atoms with van der Waals surface area (Å²) in [6.07, 6.45) is 0.597. The van der Waals surface area contributed by atoms with Gasteiger partial charge in [-0.3, -0.25) is 4.90 Å². The number of hydrogen-bond acceptors (Lipinski definition) is 9. The van der Waals surface area contributed by atoms with Gasteiger partial charge in [-0.2, -0.15) is 13.9 Å². The lowest BCUT2D eigenvalue weighted by Gasteiger charge is -2.21. The number of hydrogen-bond donors (Lipinski definition) is 2. The predicted octanol–water partition coefficient (Wildman–Crippen LogP) is 1.69. The van der Waals surface area contributed by atoms with Crippen LogP contribution in [0.4, 0.5) is 14.7 Å². The summed E-state index contributed by atoms with van der Waals surface area (Å²) in [6, 6.07) is 8.87. The quantitative estimate of drug-likeness (QED) is 0.453. The van der Waals surface area contributed by atoms with Crippen LogP contribution in [0.25, 0.3) is 11.4 Å². The van der Waals surface area contributed by atoms with Crippen molar-refractivity contribution in [2.45, 2.75) is 26.0 Å². The molecule has 0 spiro atoms. The summed E-state index contributed by atoms with van der Waals surface area (Å²) >= 11 is 0. The van der Waals surface area contributed by atoms with E-state index >= 15 is 0 Å². The first kappa shape index (κ1) is 25.9. The van der Waals surface area contributed by atoms with Crippen LogP contribution in [0.15, 0.2) is 36.5 Å². The second kappa shape index (κ2) is 10.8. The molecular formula is C23H28F2N6O4S. The van der Waals surface area contributed by atoms with Crippen LogP contribution in [0.5, 0.6) is 5.75 Å². The van der Waals surface area contributed by atoms with Crippen LogP contribution in [0.1, 0.15) is 23.4 Å². The molecule has 0 saturated carbocycles. The van der Waals surface area contributed by atoms with E-state index in [0.29, 0.717) is 40.5 Å². The van der Waals surface area contributed by atoms with Gasteiger partial charge in [0.05, 0.1) is 23.3 Å². The van der Waals surface area contributed by atoms with E-state index in [0.717, 1.165) is 5.56 Å². The smallest absolute Gasteiger partial charge is 0.333 e. The Hall–Kier alpha value is -3.16. The Morgan fingerprint density at radius 3 is 2.78 bits per heavy atom. The van der Waals surface area contributed by atoms with Gasteiger partial charge in [-0.1, -0.05) is 18.2 Å². The summed E-state index contributed by atoms with van der Waals surface area (Å²) in [6.45, 7) is 0.165. The molecule has 1 unspecified atom stereocenters. The average molecular weight is 523 g/mol. The zero-order valence-corrected chi connectivity index (χ0v) is 20.5. The molecule has 4 rings (SSSR count). The minimum Gasteiger partial charge on any atom is -0.492 e. The molecule has 2 aromatic heterocycles. The first-order chi connectivity index (χ1) is 17.1. The zero-order valence-electron chi connectivity index (χ0n) is 19.7. The monoisotopic (exact) mass is 522 g/mol. The molecule has 1 aliphatic heterocycles. The van der Waals surface area contributed by atoms with E-state index in [2.05, 4.69) is 15.1 Å². The van der Waals surface area contributed by atoms with E-state index in [-0.39, 0.29) is 42.7 Å². The van der Waals surface area contributed by atoms with Gasteiger partial charge in [0.15, 0.2) is 9.84 Å². The maximum Gasteiger partial charge on any atom is 0.333 e. The maximum absolute atomic E-state index is 13.5. The van der Waals surface area contributed by atoms with Crippen LogP contribution in [0.2, 0.25) is 0 Å². The van der Waals surface area contributed by atoms with Gasteiger partial charge < -0.3 is 15.6 Å². The van der Waals surface area contributed by atoms with Crippen molar-refractivity contribution in [2.75, 3.05) is 43.5 Å². The summed E-state index contributed by atoms with van der Waals surface area (Å²) in [5, 5.41) is 14.0. The van der Waals surface area contributed by atoms with Crippen LogP contribution in [0.3, 0.4) is 0 Å². The van der Waals surface area contributed by atoms with Crippen molar-refractivity contribution in [1.29, 1.82) is 0 Å². The van der Waals surface area contributed by atoms with Crippen LogP contribution >= 0.6 is 0 Å². The topological polar surface area (TPSA) is 136 Å². The molecule has 36 heavy (non-hydrogen) atoms. The Balaban J connectivity index is 1.51. The second-order valence-electron chi connectivity index (χ2n) is 8.72. The minimum absolute atomic E-state index is 0.00934. The fourth-order valence-electron chi connectivity index (χ4n) is 4.16. The molecule has 1 saturated heterocycles. The summed E-state index contributed by atoms with van der Waals surface area (Å²) in [4.78, 5) is 10.1. The number of aliphatic hydroxyl groups is 1. The highest BCUT2D eigenvalue weighted by molar-refractivity contribution is 7.91. The number of para-hydroxylation sites is 1. The molecule has 13 heteroatoms. The largest absolute Gasteiger partial charge is 0.492 e. The zero-order chi connectivity index (χ0) is 25.9. The molecule has 0 radical (unpaired) electrons. The highest BCUT2D eigenvalue weighted by Gasteiger charge is 2.25. The molecule has 3 heterocycles. The third-order valence-corrected chi connectivity index (χ3v) is 7.47. The fourth-order valence-corrected chi connectivity index (χ4v) is 5.55. The van der Waals surface area contributed by atoms with Crippen molar-refractivity contribution in [3.05, 3.63) is 53.3 Å². The number of ether oxygens (including phenoxy) is 1. The van der Waals surface area contributed by atoms with E-state index in [4.69, 9.17) is 10.5 Å². The van der Waals surface area contributed by atoms with Crippen LogP contribution in [-0.4, -0.2) is 82.0 Å². The molecule has 1 aromatic carbocycles. The highest BCUT2D eigenvalue weighted by atomic mass is 32.2. The maximum atomic E-state index is 13.5.